The fourth-order valence-corrected chi connectivity index (χ4v) is 2.10. The van der Waals surface area contributed by atoms with Gasteiger partial charge in [0.1, 0.15) is 11.4 Å². The molecule has 1 aromatic rings. The van der Waals surface area contributed by atoms with E-state index in [0.717, 1.165) is 17.1 Å². The van der Waals surface area contributed by atoms with E-state index in [-0.39, 0.29) is 18.0 Å². The van der Waals surface area contributed by atoms with Crippen molar-refractivity contribution in [1.82, 2.24) is 14.5 Å². The van der Waals surface area contributed by atoms with Gasteiger partial charge >= 0.3 is 5.97 Å². The minimum atomic E-state index is -3.68. The number of nitrogens with one attached hydrogen (secondary N) is 1. The molecule has 0 saturated heterocycles. The van der Waals surface area contributed by atoms with Crippen LogP contribution in [0.2, 0.25) is 0 Å². The van der Waals surface area contributed by atoms with Crippen LogP contribution >= 0.6 is 0 Å². The van der Waals surface area contributed by atoms with Gasteiger partial charge in [-0.3, -0.25) is 9.48 Å². The standard InChI is InChI=1S/C8H13N3O5S/c12-3-1-2-10-17(15,16)7-4-9-11(5-7)6-8(13)14/h4-5,10,12H,1-3,6H2,(H,13,14). The van der Waals surface area contributed by atoms with E-state index in [1.807, 2.05) is 0 Å². The van der Waals surface area contributed by atoms with Gasteiger partial charge in [0.25, 0.3) is 0 Å². The van der Waals surface area contributed by atoms with Crippen LogP contribution in [-0.4, -0.2) is 47.5 Å². The van der Waals surface area contributed by atoms with Crippen LogP contribution in [0.1, 0.15) is 6.42 Å². The van der Waals surface area contributed by atoms with Gasteiger partial charge in [-0.25, -0.2) is 13.1 Å². The number of hydrogen-bond donors (Lipinski definition) is 3. The SMILES string of the molecule is O=C(O)Cn1cc(S(=O)(=O)NCCCO)cn1. The van der Waals surface area contributed by atoms with Crippen molar-refractivity contribution in [2.45, 2.75) is 17.9 Å². The molecule has 0 amide bonds. The molecule has 96 valence electrons. The normalized spacial score (nSPS) is 11.6. The number of aliphatic hydroxyl groups excluding tert-OH is 1. The van der Waals surface area contributed by atoms with Gasteiger partial charge in [0.05, 0.1) is 6.20 Å². The molecule has 0 aliphatic rings. The van der Waals surface area contributed by atoms with Crippen LogP contribution < -0.4 is 4.72 Å². The lowest BCUT2D eigenvalue weighted by atomic mass is 10.5. The summed E-state index contributed by atoms with van der Waals surface area (Å²) in [6, 6.07) is 0. The van der Waals surface area contributed by atoms with Gasteiger partial charge in [-0.2, -0.15) is 5.10 Å². The number of carbonyl (C=O) groups is 1. The largest absolute Gasteiger partial charge is 0.480 e. The highest BCUT2D eigenvalue weighted by atomic mass is 32.2. The molecule has 3 N–H and O–H groups in total. The van der Waals surface area contributed by atoms with E-state index in [1.54, 1.807) is 0 Å². The molecule has 1 heterocycles. The van der Waals surface area contributed by atoms with Gasteiger partial charge in [0, 0.05) is 19.3 Å². The number of nitrogens with zero attached hydrogens (tertiary/aromatic N) is 2. The average molecular weight is 263 g/mol. The smallest absolute Gasteiger partial charge is 0.325 e. The molecule has 0 aromatic carbocycles. The minimum Gasteiger partial charge on any atom is -0.480 e. The Morgan fingerprint density at radius 3 is 2.82 bits per heavy atom. The third-order valence-electron chi connectivity index (χ3n) is 1.84. The molecule has 0 atom stereocenters. The van der Waals surface area contributed by atoms with Crippen LogP contribution in [0.5, 0.6) is 0 Å². The Bertz CT molecular complexity index is 481. The van der Waals surface area contributed by atoms with Crippen LogP contribution in [0.4, 0.5) is 0 Å². The van der Waals surface area contributed by atoms with Crippen molar-refractivity contribution in [1.29, 1.82) is 0 Å². The fraction of sp³-hybridized carbons (Fsp3) is 0.500. The highest BCUT2D eigenvalue weighted by Crippen LogP contribution is 2.06. The third kappa shape index (κ3) is 4.13. The highest BCUT2D eigenvalue weighted by Gasteiger charge is 2.16. The van der Waals surface area contributed by atoms with Crippen LogP contribution in [0.3, 0.4) is 0 Å². The molecule has 8 nitrogen and oxygen atoms in total. The monoisotopic (exact) mass is 263 g/mol. The first-order valence-corrected chi connectivity index (χ1v) is 6.29. The second-order valence-electron chi connectivity index (χ2n) is 3.24. The second-order valence-corrected chi connectivity index (χ2v) is 5.01. The van der Waals surface area contributed by atoms with Gasteiger partial charge in [-0.05, 0) is 6.42 Å². The predicted molar refractivity (Wildman–Crippen MR) is 56.8 cm³/mol. The zero-order valence-electron chi connectivity index (χ0n) is 8.90. The summed E-state index contributed by atoms with van der Waals surface area (Å²) in [6.45, 7) is -0.393. The maximum absolute atomic E-state index is 11.6. The molecule has 0 aliphatic carbocycles. The molecule has 1 rings (SSSR count). The van der Waals surface area contributed by atoms with E-state index in [2.05, 4.69) is 9.82 Å². The molecular formula is C8H13N3O5S. The Labute approximate surface area is 97.9 Å². The number of sulfonamides is 1. The Kier molecular flexibility index (Phi) is 4.61. The van der Waals surface area contributed by atoms with Gasteiger partial charge in [-0.1, -0.05) is 0 Å². The van der Waals surface area contributed by atoms with Crippen molar-refractivity contribution >= 4 is 16.0 Å². The van der Waals surface area contributed by atoms with E-state index in [9.17, 15) is 13.2 Å². The van der Waals surface area contributed by atoms with Crippen molar-refractivity contribution in [3.05, 3.63) is 12.4 Å². The molecule has 0 radical (unpaired) electrons. The number of rotatable bonds is 7. The summed E-state index contributed by atoms with van der Waals surface area (Å²) in [6.07, 6.45) is 2.52. The first-order valence-electron chi connectivity index (χ1n) is 4.80. The number of carboxylic acids is 1. The van der Waals surface area contributed by atoms with E-state index in [4.69, 9.17) is 10.2 Å². The van der Waals surface area contributed by atoms with Crippen LogP contribution in [-0.2, 0) is 21.4 Å². The van der Waals surface area contributed by atoms with Crippen molar-refractivity contribution in [3.8, 4) is 0 Å². The summed E-state index contributed by atoms with van der Waals surface area (Å²) in [4.78, 5) is 10.3. The van der Waals surface area contributed by atoms with Crippen molar-refractivity contribution in [2.75, 3.05) is 13.2 Å². The van der Waals surface area contributed by atoms with Gasteiger partial charge in [0.2, 0.25) is 10.0 Å². The Morgan fingerprint density at radius 1 is 1.53 bits per heavy atom. The van der Waals surface area contributed by atoms with Crippen molar-refractivity contribution < 1.29 is 23.4 Å². The van der Waals surface area contributed by atoms with Gasteiger partial charge < -0.3 is 10.2 Å². The number of aromatic nitrogens is 2. The van der Waals surface area contributed by atoms with Gasteiger partial charge in [0.15, 0.2) is 0 Å². The van der Waals surface area contributed by atoms with Crippen molar-refractivity contribution in [3.63, 3.8) is 0 Å². The zero-order chi connectivity index (χ0) is 12.9. The molecule has 0 bridgehead atoms. The molecule has 0 saturated carbocycles. The maximum Gasteiger partial charge on any atom is 0.325 e. The first kappa shape index (κ1) is 13.6. The first-order chi connectivity index (χ1) is 7.95. The Morgan fingerprint density at radius 2 is 2.24 bits per heavy atom. The number of aliphatic hydroxyl groups is 1. The lowest BCUT2D eigenvalue weighted by Gasteiger charge is -2.02. The molecule has 0 fully saturated rings. The predicted octanol–water partition coefficient (Wildman–Crippen LogP) is -1.37. The lowest BCUT2D eigenvalue weighted by Crippen LogP contribution is -2.25. The summed E-state index contributed by atoms with van der Waals surface area (Å²) >= 11 is 0. The number of aliphatic carboxylic acids is 1. The van der Waals surface area contributed by atoms with Crippen molar-refractivity contribution in [2.24, 2.45) is 0 Å². The summed E-state index contributed by atoms with van der Waals surface area (Å²) < 4.78 is 26.5. The Balaban J connectivity index is 2.71. The lowest BCUT2D eigenvalue weighted by molar-refractivity contribution is -0.137. The topological polar surface area (TPSA) is 122 Å². The average Bonchev–Trinajstić information content (AvgIpc) is 2.66. The number of carboxylic acid groups (broad SMARTS) is 1. The fourth-order valence-electron chi connectivity index (χ4n) is 1.08. The summed E-state index contributed by atoms with van der Waals surface area (Å²) in [5.41, 5.74) is 0. The maximum atomic E-state index is 11.6. The zero-order valence-corrected chi connectivity index (χ0v) is 9.72. The highest BCUT2D eigenvalue weighted by molar-refractivity contribution is 7.89. The van der Waals surface area contributed by atoms with Crippen LogP contribution in [0.25, 0.3) is 0 Å². The molecular weight excluding hydrogens is 250 g/mol. The number of hydrogen-bond acceptors (Lipinski definition) is 5. The quantitative estimate of drug-likeness (QED) is 0.522. The summed E-state index contributed by atoms with van der Waals surface area (Å²) in [5.74, 6) is -1.11. The summed E-state index contributed by atoms with van der Waals surface area (Å²) in [5, 5.41) is 20.6. The minimum absolute atomic E-state index is 0.100. The van der Waals surface area contributed by atoms with E-state index < -0.39 is 22.5 Å². The molecule has 1 aromatic heterocycles. The van der Waals surface area contributed by atoms with E-state index in [1.165, 1.54) is 0 Å². The third-order valence-corrected chi connectivity index (χ3v) is 3.26. The van der Waals surface area contributed by atoms with Gasteiger partial charge in [-0.15, -0.1) is 0 Å². The van der Waals surface area contributed by atoms with E-state index >= 15 is 0 Å². The van der Waals surface area contributed by atoms with Crippen LogP contribution in [0.15, 0.2) is 17.3 Å². The molecule has 9 heteroatoms. The molecule has 0 unspecified atom stereocenters. The van der Waals surface area contributed by atoms with Crippen LogP contribution in [0, 0.1) is 0 Å². The molecule has 0 aliphatic heterocycles. The molecule has 0 spiro atoms. The molecule has 17 heavy (non-hydrogen) atoms. The Hall–Kier alpha value is -1.45. The van der Waals surface area contributed by atoms with E-state index in [0.29, 0.717) is 6.42 Å². The second kappa shape index (κ2) is 5.75. The summed E-state index contributed by atoms with van der Waals surface area (Å²) in [7, 11) is -3.68.